The fraction of sp³-hybridized carbons (Fsp3) is 0.567. The van der Waals surface area contributed by atoms with Crippen molar-refractivity contribution in [3.8, 4) is 0 Å². The van der Waals surface area contributed by atoms with Gasteiger partial charge in [-0.1, -0.05) is 57.5 Å². The van der Waals surface area contributed by atoms with Crippen molar-refractivity contribution in [3.05, 3.63) is 42.5 Å². The van der Waals surface area contributed by atoms with Crippen LogP contribution in [-0.4, -0.2) is 64.2 Å². The van der Waals surface area contributed by atoms with Gasteiger partial charge in [-0.25, -0.2) is 0 Å². The molecule has 3 amide bonds. The highest BCUT2D eigenvalue weighted by Gasteiger charge is 2.78. The van der Waals surface area contributed by atoms with Crippen LogP contribution in [-0.2, 0) is 19.1 Å². The number of hydrogen-bond donors (Lipinski definition) is 3. The van der Waals surface area contributed by atoms with Gasteiger partial charge in [0, 0.05) is 12.2 Å². The van der Waals surface area contributed by atoms with E-state index in [4.69, 9.17) is 4.74 Å². The summed E-state index contributed by atoms with van der Waals surface area (Å²) in [5, 5.41) is 18.5. The maximum Gasteiger partial charge on any atom is 0.250 e. The molecule has 2 unspecified atom stereocenters. The summed E-state index contributed by atoms with van der Waals surface area (Å²) in [5.41, 5.74) is -1.32. The van der Waals surface area contributed by atoms with Gasteiger partial charge in [-0.2, -0.15) is 0 Å². The van der Waals surface area contributed by atoms with Crippen molar-refractivity contribution >= 4 is 34.2 Å². The van der Waals surface area contributed by atoms with Gasteiger partial charge in [0.1, 0.15) is 11.6 Å². The zero-order valence-electron chi connectivity index (χ0n) is 22.7. The Labute approximate surface area is 224 Å². The minimum Gasteiger partial charge on any atom is -0.394 e. The van der Waals surface area contributed by atoms with Crippen molar-refractivity contribution in [1.82, 2.24) is 10.2 Å². The molecule has 3 aliphatic rings. The molecule has 8 nitrogen and oxygen atoms in total. The second kappa shape index (κ2) is 9.97. The Balaban J connectivity index is 1.56. The second-order valence-corrected chi connectivity index (χ2v) is 11.5. The van der Waals surface area contributed by atoms with Gasteiger partial charge in [0.15, 0.2) is 0 Å². The first kappa shape index (κ1) is 26.6. The molecule has 0 saturated carbocycles. The van der Waals surface area contributed by atoms with E-state index in [1.165, 1.54) is 0 Å². The minimum absolute atomic E-state index is 0.0460. The summed E-state index contributed by atoms with van der Waals surface area (Å²) in [6.07, 6.45) is 2.60. The van der Waals surface area contributed by atoms with E-state index in [1.54, 1.807) is 4.90 Å². The van der Waals surface area contributed by atoms with Crippen LogP contribution in [0, 0.1) is 17.8 Å². The lowest BCUT2D eigenvalue weighted by Crippen LogP contribution is -2.57. The summed E-state index contributed by atoms with van der Waals surface area (Å²) in [5.74, 6) is -2.33. The second-order valence-electron chi connectivity index (χ2n) is 11.5. The first-order chi connectivity index (χ1) is 18.2. The van der Waals surface area contributed by atoms with Gasteiger partial charge in [-0.15, -0.1) is 0 Å². The molecule has 1 spiro atoms. The number of ether oxygens (including phenoxy) is 1. The number of aliphatic hydroxyl groups is 1. The molecule has 8 heteroatoms. The average molecular weight is 522 g/mol. The summed E-state index contributed by atoms with van der Waals surface area (Å²) in [4.78, 5) is 43.3. The molecular weight excluding hydrogens is 482 g/mol. The summed E-state index contributed by atoms with van der Waals surface area (Å²) >= 11 is 0. The van der Waals surface area contributed by atoms with Crippen LogP contribution >= 0.6 is 0 Å². The van der Waals surface area contributed by atoms with Crippen molar-refractivity contribution < 1.29 is 24.2 Å². The van der Waals surface area contributed by atoms with E-state index in [0.717, 1.165) is 23.6 Å². The van der Waals surface area contributed by atoms with Crippen molar-refractivity contribution in [3.63, 3.8) is 0 Å². The number of benzene rings is 2. The Morgan fingerprint density at radius 3 is 2.55 bits per heavy atom. The molecule has 3 aliphatic heterocycles. The average Bonchev–Trinajstić information content (AvgIpc) is 3.48. The molecule has 2 aromatic rings. The molecule has 5 rings (SSSR count). The van der Waals surface area contributed by atoms with E-state index in [1.807, 2.05) is 70.2 Å². The van der Waals surface area contributed by atoms with Crippen molar-refractivity contribution in [2.45, 2.75) is 76.7 Å². The predicted octanol–water partition coefficient (Wildman–Crippen LogP) is 3.48. The molecule has 204 valence electrons. The lowest BCUT2D eigenvalue weighted by Gasteiger charge is -2.39. The molecule has 38 heavy (non-hydrogen) atoms. The Morgan fingerprint density at radius 1 is 1.13 bits per heavy atom. The minimum atomic E-state index is -1.12. The summed E-state index contributed by atoms with van der Waals surface area (Å²) in [6.45, 7) is 8.09. The number of likely N-dealkylation sites (tertiary alicyclic amines) is 1. The van der Waals surface area contributed by atoms with Crippen LogP contribution in [0.15, 0.2) is 42.5 Å². The third-order valence-corrected chi connectivity index (χ3v) is 9.16. The summed E-state index contributed by atoms with van der Waals surface area (Å²) < 4.78 is 6.67. The highest BCUT2D eigenvalue weighted by atomic mass is 16.5. The summed E-state index contributed by atoms with van der Waals surface area (Å²) in [7, 11) is 0. The largest absolute Gasteiger partial charge is 0.394 e. The van der Waals surface area contributed by atoms with E-state index in [9.17, 15) is 19.5 Å². The Hall–Kier alpha value is -2.97. The number of hydrogen-bond acceptors (Lipinski definition) is 5. The predicted molar refractivity (Wildman–Crippen MR) is 145 cm³/mol. The molecular formula is C30H39N3O5. The number of nitrogens with one attached hydrogen (secondary N) is 2. The Kier molecular flexibility index (Phi) is 6.99. The molecule has 0 aliphatic carbocycles. The van der Waals surface area contributed by atoms with Crippen molar-refractivity contribution in [2.24, 2.45) is 17.8 Å². The number of fused-ring (bicyclic) bond motifs is 2. The zero-order chi connectivity index (χ0) is 27.2. The molecule has 3 heterocycles. The van der Waals surface area contributed by atoms with Crippen LogP contribution in [0.1, 0.15) is 53.4 Å². The number of rotatable bonds is 9. The first-order valence-corrected chi connectivity index (χ1v) is 13.9. The molecule has 3 fully saturated rings. The lowest BCUT2D eigenvalue weighted by molar-refractivity contribution is -0.149. The SMILES string of the molecule is CCCNC(=O)[C@H]1[C@H]2C(=O)N([C@@H](CO)[C@@H](C)CC)C(C(=O)Nc3ccc4ccccc4c3)C23CC[C@]1(C)O3. The van der Waals surface area contributed by atoms with Gasteiger partial charge in [-0.3, -0.25) is 14.4 Å². The summed E-state index contributed by atoms with van der Waals surface area (Å²) in [6, 6.07) is 12.1. The highest BCUT2D eigenvalue weighted by molar-refractivity contribution is 6.04. The monoisotopic (exact) mass is 521 g/mol. The van der Waals surface area contributed by atoms with Crippen LogP contribution in [0.2, 0.25) is 0 Å². The van der Waals surface area contributed by atoms with Gasteiger partial charge in [0.05, 0.1) is 30.1 Å². The van der Waals surface area contributed by atoms with Crippen molar-refractivity contribution in [1.29, 1.82) is 0 Å². The van der Waals surface area contributed by atoms with E-state index in [-0.39, 0.29) is 30.2 Å². The Morgan fingerprint density at radius 2 is 1.87 bits per heavy atom. The molecule has 2 aromatic carbocycles. The molecule has 7 atom stereocenters. The standard InChI is InChI=1S/C30H39N3O5/c1-5-15-31-26(35)23-24-28(37)33(22(17-34)18(3)6-2)25(30(24)14-13-29(23,4)38-30)27(36)32-21-12-11-19-9-7-8-10-20(19)16-21/h7-12,16,18,22-25,34H,5-6,13-15,17H2,1-4H3,(H,31,35)(H,32,36)/t18-,22-,23+,24-,25?,29-,30?/m0/s1. The van der Waals surface area contributed by atoms with Crippen LogP contribution < -0.4 is 10.6 Å². The molecule has 0 radical (unpaired) electrons. The van der Waals surface area contributed by atoms with E-state index < -0.39 is 35.1 Å². The highest BCUT2D eigenvalue weighted by Crippen LogP contribution is 2.63. The maximum absolute atomic E-state index is 14.2. The number of nitrogens with zero attached hydrogens (tertiary/aromatic N) is 1. The number of aliphatic hydroxyl groups excluding tert-OH is 1. The van der Waals surface area contributed by atoms with Crippen LogP contribution in [0.5, 0.6) is 0 Å². The van der Waals surface area contributed by atoms with Gasteiger partial charge in [0.25, 0.3) is 0 Å². The normalized spacial score (nSPS) is 31.3. The number of carbonyl (C=O) groups excluding carboxylic acids is 3. The van der Waals surface area contributed by atoms with E-state index in [2.05, 4.69) is 10.6 Å². The van der Waals surface area contributed by atoms with Gasteiger partial charge in [-0.05, 0) is 55.0 Å². The number of carbonyl (C=O) groups is 3. The smallest absolute Gasteiger partial charge is 0.250 e. The van der Waals surface area contributed by atoms with Crippen LogP contribution in [0.25, 0.3) is 10.8 Å². The molecule has 3 N–H and O–H groups in total. The quantitative estimate of drug-likeness (QED) is 0.468. The zero-order valence-corrected chi connectivity index (χ0v) is 22.7. The van der Waals surface area contributed by atoms with Gasteiger partial charge >= 0.3 is 0 Å². The molecule has 2 bridgehead atoms. The van der Waals surface area contributed by atoms with E-state index >= 15 is 0 Å². The number of anilines is 1. The fourth-order valence-electron chi connectivity index (χ4n) is 7.07. The van der Waals surface area contributed by atoms with Crippen LogP contribution in [0.4, 0.5) is 5.69 Å². The maximum atomic E-state index is 14.2. The first-order valence-electron chi connectivity index (χ1n) is 13.9. The third-order valence-electron chi connectivity index (χ3n) is 9.16. The lowest BCUT2D eigenvalue weighted by atomic mass is 9.66. The van der Waals surface area contributed by atoms with Crippen LogP contribution in [0.3, 0.4) is 0 Å². The number of amides is 3. The van der Waals surface area contributed by atoms with Gasteiger partial charge in [0.2, 0.25) is 17.7 Å². The molecule has 0 aromatic heterocycles. The van der Waals surface area contributed by atoms with Gasteiger partial charge < -0.3 is 25.4 Å². The van der Waals surface area contributed by atoms with Crippen molar-refractivity contribution in [2.75, 3.05) is 18.5 Å². The molecule has 3 saturated heterocycles. The van der Waals surface area contributed by atoms with E-state index in [0.29, 0.717) is 25.1 Å². The topological polar surface area (TPSA) is 108 Å². The Bertz CT molecular complexity index is 1250. The fourth-order valence-corrected chi connectivity index (χ4v) is 7.07. The third kappa shape index (κ3) is 4.00.